The second-order valence-electron chi connectivity index (χ2n) is 7.03. The highest BCUT2D eigenvalue weighted by Gasteiger charge is 2.36. The summed E-state index contributed by atoms with van der Waals surface area (Å²) in [6.45, 7) is -0.683. The summed E-state index contributed by atoms with van der Waals surface area (Å²) in [5.41, 5.74) is -0.765. The van der Waals surface area contributed by atoms with E-state index in [-0.39, 0.29) is 0 Å². The Morgan fingerprint density at radius 3 is 2.53 bits per heavy atom. The largest absolute Gasteiger partial charge is 0.467 e. The predicted octanol–water partition coefficient (Wildman–Crippen LogP) is 5.14. The molecule has 6 nitrogen and oxygen atoms in total. The number of furan rings is 1. The zero-order valence-corrected chi connectivity index (χ0v) is 17.7. The second kappa shape index (κ2) is 8.48. The number of nitrogens with zero attached hydrogens (tertiary/aromatic N) is 3. The lowest BCUT2D eigenvalue weighted by Gasteiger charge is -2.20. The minimum absolute atomic E-state index is 0.305. The molecule has 0 spiro atoms. The van der Waals surface area contributed by atoms with E-state index in [1.54, 1.807) is 36.4 Å². The van der Waals surface area contributed by atoms with Crippen molar-refractivity contribution in [1.82, 2.24) is 9.58 Å². The van der Waals surface area contributed by atoms with Crippen LogP contribution in [0.15, 0.2) is 69.2 Å². The van der Waals surface area contributed by atoms with Crippen LogP contribution >= 0.6 is 23.2 Å². The van der Waals surface area contributed by atoms with E-state index >= 15 is 0 Å². The van der Waals surface area contributed by atoms with E-state index in [9.17, 15) is 22.8 Å². The Labute approximate surface area is 189 Å². The van der Waals surface area contributed by atoms with Crippen molar-refractivity contribution >= 4 is 34.8 Å². The van der Waals surface area contributed by atoms with E-state index in [4.69, 9.17) is 27.6 Å². The average Bonchev–Trinajstić information content (AvgIpc) is 3.40. The van der Waals surface area contributed by atoms with Crippen LogP contribution in [0.4, 0.5) is 13.2 Å². The molecule has 1 aromatic carbocycles. The van der Waals surface area contributed by atoms with Crippen molar-refractivity contribution in [2.45, 2.75) is 25.2 Å². The minimum Gasteiger partial charge on any atom is -0.467 e. The van der Waals surface area contributed by atoms with Crippen LogP contribution in [0.25, 0.3) is 0 Å². The van der Waals surface area contributed by atoms with E-state index < -0.39 is 40.8 Å². The van der Waals surface area contributed by atoms with Crippen LogP contribution in [-0.4, -0.2) is 21.2 Å². The summed E-state index contributed by atoms with van der Waals surface area (Å²) in [6.07, 6.45) is -2.42. The number of benzene rings is 1. The molecule has 0 N–H and O–H groups in total. The van der Waals surface area contributed by atoms with Crippen LogP contribution in [0, 0.1) is 0 Å². The molecule has 32 heavy (non-hydrogen) atoms. The molecule has 1 aliphatic rings. The molecule has 1 atom stereocenters. The Morgan fingerprint density at radius 1 is 1.19 bits per heavy atom. The standard InChI is InChI=1S/C21H14Cl2F3N3O3/c22-14-5-3-12(4-6-14)16-9-17(18-2-1-7-32-18)29(27-16)19(30)11-28-10-13(21(24,25)26)8-15(23)20(28)31/h1-8,10,17H,9,11H2/t17-/m1/s1. The van der Waals surface area contributed by atoms with Crippen molar-refractivity contribution < 1.29 is 22.4 Å². The molecule has 0 radical (unpaired) electrons. The molecule has 0 unspecified atom stereocenters. The highest BCUT2D eigenvalue weighted by molar-refractivity contribution is 6.30. The van der Waals surface area contributed by atoms with E-state index in [0.29, 0.717) is 39.7 Å². The van der Waals surface area contributed by atoms with Gasteiger partial charge in [-0.25, -0.2) is 5.01 Å². The Hall–Kier alpha value is -3.04. The number of aromatic nitrogens is 1. The molecule has 4 rings (SSSR count). The van der Waals surface area contributed by atoms with Gasteiger partial charge in [0, 0.05) is 17.6 Å². The molecule has 0 aliphatic carbocycles. The summed E-state index contributed by atoms with van der Waals surface area (Å²) in [5, 5.41) is 5.38. The predicted molar refractivity (Wildman–Crippen MR) is 112 cm³/mol. The van der Waals surface area contributed by atoms with Gasteiger partial charge in [0.25, 0.3) is 11.5 Å². The maximum Gasteiger partial charge on any atom is 0.417 e. The molecule has 3 heterocycles. The Kier molecular flexibility index (Phi) is 5.87. The first kappa shape index (κ1) is 22.2. The molecule has 2 aromatic heterocycles. The molecule has 1 aliphatic heterocycles. The van der Waals surface area contributed by atoms with Crippen LogP contribution in [0.5, 0.6) is 0 Å². The fraction of sp³-hybridized carbons (Fsp3) is 0.190. The van der Waals surface area contributed by atoms with Gasteiger partial charge in [-0.2, -0.15) is 18.3 Å². The van der Waals surface area contributed by atoms with Gasteiger partial charge in [-0.1, -0.05) is 35.3 Å². The first-order chi connectivity index (χ1) is 15.1. The maximum absolute atomic E-state index is 13.1. The van der Waals surface area contributed by atoms with Gasteiger partial charge in [-0.3, -0.25) is 9.59 Å². The van der Waals surface area contributed by atoms with E-state index in [1.165, 1.54) is 6.26 Å². The van der Waals surface area contributed by atoms with Crippen molar-refractivity contribution in [3.05, 3.63) is 92.2 Å². The van der Waals surface area contributed by atoms with Crippen LogP contribution in [0.1, 0.15) is 29.3 Å². The minimum atomic E-state index is -4.73. The molecule has 0 fully saturated rings. The van der Waals surface area contributed by atoms with Crippen LogP contribution in [-0.2, 0) is 17.5 Å². The molecule has 1 amide bonds. The van der Waals surface area contributed by atoms with E-state index in [2.05, 4.69) is 5.10 Å². The van der Waals surface area contributed by atoms with Crippen molar-refractivity contribution in [3.63, 3.8) is 0 Å². The highest BCUT2D eigenvalue weighted by Crippen LogP contribution is 2.34. The van der Waals surface area contributed by atoms with E-state index in [0.717, 1.165) is 10.6 Å². The monoisotopic (exact) mass is 483 g/mol. The van der Waals surface area contributed by atoms with E-state index in [1.807, 2.05) is 0 Å². The SMILES string of the molecule is O=C(Cn1cc(C(F)(F)F)cc(Cl)c1=O)N1N=C(c2ccc(Cl)cc2)C[C@@H]1c1ccco1. The summed E-state index contributed by atoms with van der Waals surface area (Å²) < 4.78 is 45.4. The smallest absolute Gasteiger partial charge is 0.417 e. The summed E-state index contributed by atoms with van der Waals surface area (Å²) in [4.78, 5) is 25.3. The van der Waals surface area contributed by atoms with Crippen LogP contribution in [0.3, 0.4) is 0 Å². The molecular formula is C21H14Cl2F3N3O3. The summed E-state index contributed by atoms with van der Waals surface area (Å²) in [6, 6.07) is 10.1. The van der Waals surface area contributed by atoms with Gasteiger partial charge < -0.3 is 8.98 Å². The summed E-state index contributed by atoms with van der Waals surface area (Å²) >= 11 is 11.6. The number of amides is 1. The zero-order chi connectivity index (χ0) is 23.0. The van der Waals surface area contributed by atoms with Gasteiger partial charge in [-0.15, -0.1) is 0 Å². The molecule has 11 heteroatoms. The third-order valence-corrected chi connectivity index (χ3v) is 5.41. The summed E-state index contributed by atoms with van der Waals surface area (Å²) in [5.74, 6) is -0.256. The van der Waals surface area contributed by atoms with Gasteiger partial charge in [-0.05, 0) is 35.9 Å². The van der Waals surface area contributed by atoms with Gasteiger partial charge in [0.2, 0.25) is 0 Å². The lowest BCUT2D eigenvalue weighted by molar-refractivity contribution is -0.139. The molecule has 166 valence electrons. The van der Waals surface area contributed by atoms with Gasteiger partial charge in [0.05, 0.1) is 17.5 Å². The molecule has 3 aromatic rings. The van der Waals surface area contributed by atoms with Gasteiger partial charge in [0.15, 0.2) is 0 Å². The third kappa shape index (κ3) is 4.44. The van der Waals surface area contributed by atoms with Crippen LogP contribution in [0.2, 0.25) is 10.0 Å². The summed E-state index contributed by atoms with van der Waals surface area (Å²) in [7, 11) is 0. The molecule has 0 bridgehead atoms. The number of hydrogen-bond donors (Lipinski definition) is 0. The van der Waals surface area contributed by atoms with Crippen molar-refractivity contribution in [1.29, 1.82) is 0 Å². The first-order valence-electron chi connectivity index (χ1n) is 9.29. The van der Waals surface area contributed by atoms with Gasteiger partial charge >= 0.3 is 6.18 Å². The number of hydrazone groups is 1. The molecular weight excluding hydrogens is 470 g/mol. The van der Waals surface area contributed by atoms with Crippen molar-refractivity contribution in [3.8, 4) is 0 Å². The Balaban J connectivity index is 1.68. The van der Waals surface area contributed by atoms with Crippen molar-refractivity contribution in [2.75, 3.05) is 0 Å². The maximum atomic E-state index is 13.1. The first-order valence-corrected chi connectivity index (χ1v) is 10.0. The lowest BCUT2D eigenvalue weighted by Crippen LogP contribution is -2.34. The molecule has 0 saturated heterocycles. The quantitative estimate of drug-likeness (QED) is 0.515. The molecule has 0 saturated carbocycles. The number of halogens is 5. The number of carbonyl (C=O) groups is 1. The highest BCUT2D eigenvalue weighted by atomic mass is 35.5. The second-order valence-corrected chi connectivity index (χ2v) is 7.88. The fourth-order valence-corrected chi connectivity index (χ4v) is 3.70. The zero-order valence-electron chi connectivity index (χ0n) is 16.1. The lowest BCUT2D eigenvalue weighted by atomic mass is 10.0. The normalized spacial score (nSPS) is 16.3. The topological polar surface area (TPSA) is 67.8 Å². The third-order valence-electron chi connectivity index (χ3n) is 4.89. The fourth-order valence-electron chi connectivity index (χ4n) is 3.35. The average molecular weight is 484 g/mol. The number of hydrogen-bond acceptors (Lipinski definition) is 4. The van der Waals surface area contributed by atoms with Crippen molar-refractivity contribution in [2.24, 2.45) is 5.10 Å². The van der Waals surface area contributed by atoms with Gasteiger partial charge in [0.1, 0.15) is 23.4 Å². The Morgan fingerprint density at radius 2 is 1.91 bits per heavy atom. The number of alkyl halides is 3. The van der Waals surface area contributed by atoms with Crippen LogP contribution < -0.4 is 5.56 Å². The number of pyridine rings is 1. The Bertz CT molecular complexity index is 1240. The number of carbonyl (C=O) groups excluding carboxylic acids is 1. The number of rotatable bonds is 4.